The number of rotatable bonds is 1. The first-order valence-electron chi connectivity index (χ1n) is 1.32. The maximum absolute atomic E-state index is 5.20. The van der Waals surface area contributed by atoms with Crippen LogP contribution in [0.5, 0.6) is 0 Å². The van der Waals surface area contributed by atoms with Gasteiger partial charge in [-0.3, -0.25) is 0 Å². The first-order chi connectivity index (χ1) is 2.27. The van der Waals surface area contributed by atoms with Gasteiger partial charge in [0.05, 0.1) is 5.88 Å². The summed E-state index contributed by atoms with van der Waals surface area (Å²) < 4.78 is 0. The molecule has 0 saturated heterocycles. The molecular weight excluding hydrogens is 104 g/mol. The lowest BCUT2D eigenvalue weighted by molar-refractivity contribution is 1.85. The summed E-state index contributed by atoms with van der Waals surface area (Å²) >= 11 is 9.76. The molecule has 0 radical (unpaired) electrons. The molecule has 30 valence electrons. The summed E-state index contributed by atoms with van der Waals surface area (Å²) in [4.78, 5) is 0.853. The zero-order valence-electron chi connectivity index (χ0n) is 2.99. The van der Waals surface area contributed by atoms with E-state index < -0.39 is 0 Å². The lowest BCUT2D eigenvalue weighted by atomic mass is 10.6. The Morgan fingerprint density at radius 3 is 2.20 bits per heavy atom. The van der Waals surface area contributed by atoms with Crippen molar-refractivity contribution in [3.63, 3.8) is 0 Å². The van der Waals surface area contributed by atoms with E-state index in [1.54, 1.807) is 0 Å². The number of hydrogen-bond acceptors (Lipinski definition) is 1. The molecule has 0 bridgehead atoms. The molecule has 0 saturated carbocycles. The zero-order valence-corrected chi connectivity index (χ0v) is 4.57. The molecule has 0 aromatic carbocycles. The average Bonchev–Trinajstić information content (AvgIpc) is 1.38. The first-order valence-corrected chi connectivity index (χ1v) is 2.27. The van der Waals surface area contributed by atoms with Gasteiger partial charge in [0.15, 0.2) is 0 Å². The topological polar surface area (TPSA) is 0 Å². The van der Waals surface area contributed by atoms with Crippen molar-refractivity contribution in [3.8, 4) is 0 Å². The van der Waals surface area contributed by atoms with Gasteiger partial charge in [0, 0.05) is 4.86 Å². The van der Waals surface area contributed by atoms with Crippen molar-refractivity contribution in [2.24, 2.45) is 0 Å². The maximum atomic E-state index is 5.20. The Bertz CT molecular complexity index is 42.2. The highest BCUT2D eigenvalue weighted by Crippen LogP contribution is 1.76. The molecule has 0 aliphatic carbocycles. The minimum atomic E-state index is 0.509. The van der Waals surface area contributed by atoms with Gasteiger partial charge in [0.2, 0.25) is 0 Å². The molecular formula is C3H5ClS. The zero-order chi connectivity index (χ0) is 4.28. The lowest BCUT2D eigenvalue weighted by Crippen LogP contribution is -1.81. The van der Waals surface area contributed by atoms with Crippen molar-refractivity contribution in [2.75, 3.05) is 5.88 Å². The molecule has 0 heterocycles. The van der Waals surface area contributed by atoms with Gasteiger partial charge >= 0.3 is 0 Å². The van der Waals surface area contributed by atoms with E-state index in [-0.39, 0.29) is 0 Å². The van der Waals surface area contributed by atoms with E-state index in [0.29, 0.717) is 5.88 Å². The summed E-state index contributed by atoms with van der Waals surface area (Å²) in [6, 6.07) is 0. The predicted molar refractivity (Wildman–Crippen MR) is 29.0 cm³/mol. The van der Waals surface area contributed by atoms with E-state index in [1.165, 1.54) is 0 Å². The number of halogens is 1. The van der Waals surface area contributed by atoms with Crippen LogP contribution in [0.25, 0.3) is 0 Å². The van der Waals surface area contributed by atoms with Crippen LogP contribution in [0.15, 0.2) is 0 Å². The number of alkyl halides is 1. The lowest BCUT2D eigenvalue weighted by Gasteiger charge is -1.74. The van der Waals surface area contributed by atoms with E-state index in [0.717, 1.165) is 4.86 Å². The summed E-state index contributed by atoms with van der Waals surface area (Å²) in [7, 11) is 0. The van der Waals surface area contributed by atoms with Crippen LogP contribution in [0.4, 0.5) is 0 Å². The van der Waals surface area contributed by atoms with Crippen molar-refractivity contribution in [1.29, 1.82) is 0 Å². The summed E-state index contributed by atoms with van der Waals surface area (Å²) in [6.07, 6.45) is 0. The molecule has 0 aliphatic heterocycles. The van der Waals surface area contributed by atoms with Crippen LogP contribution in [-0.2, 0) is 0 Å². The van der Waals surface area contributed by atoms with Crippen LogP contribution in [0.1, 0.15) is 6.92 Å². The van der Waals surface area contributed by atoms with E-state index in [4.69, 9.17) is 11.6 Å². The van der Waals surface area contributed by atoms with Crippen molar-refractivity contribution < 1.29 is 0 Å². The first kappa shape index (κ1) is 5.38. The summed E-state index contributed by atoms with van der Waals surface area (Å²) in [5.41, 5.74) is 0. The van der Waals surface area contributed by atoms with Crippen LogP contribution in [0.3, 0.4) is 0 Å². The molecule has 0 amide bonds. The predicted octanol–water partition coefficient (Wildman–Crippen LogP) is 1.61. The fraction of sp³-hybridized carbons (Fsp3) is 0.667. The SMILES string of the molecule is CC(=S)CCl. The van der Waals surface area contributed by atoms with Gasteiger partial charge in [-0.25, -0.2) is 0 Å². The van der Waals surface area contributed by atoms with Gasteiger partial charge in [-0.05, 0) is 6.92 Å². The van der Waals surface area contributed by atoms with E-state index in [2.05, 4.69) is 12.2 Å². The second kappa shape index (κ2) is 2.61. The normalized spacial score (nSPS) is 7.60. The van der Waals surface area contributed by atoms with Gasteiger partial charge < -0.3 is 0 Å². The van der Waals surface area contributed by atoms with Crippen molar-refractivity contribution in [1.82, 2.24) is 0 Å². The third-order valence-electron chi connectivity index (χ3n) is 0.188. The molecule has 2 heteroatoms. The highest BCUT2D eigenvalue weighted by Gasteiger charge is 1.73. The van der Waals surface area contributed by atoms with Gasteiger partial charge in [-0.1, -0.05) is 12.2 Å². The maximum Gasteiger partial charge on any atom is 0.0534 e. The Hall–Kier alpha value is 0.380. The van der Waals surface area contributed by atoms with Crippen molar-refractivity contribution >= 4 is 28.7 Å². The standard InChI is InChI=1S/C3H5ClS/c1-3(5)2-4/h2H2,1H3. The summed E-state index contributed by atoms with van der Waals surface area (Å²) in [5.74, 6) is 0.509. The fourth-order valence-corrected chi connectivity index (χ4v) is 0. The van der Waals surface area contributed by atoms with E-state index >= 15 is 0 Å². The largest absolute Gasteiger partial charge is 0.121 e. The van der Waals surface area contributed by atoms with Crippen LogP contribution >= 0.6 is 23.8 Å². The van der Waals surface area contributed by atoms with Crippen LogP contribution in [0, 0.1) is 0 Å². The monoisotopic (exact) mass is 108 g/mol. The molecule has 5 heavy (non-hydrogen) atoms. The van der Waals surface area contributed by atoms with Crippen LogP contribution < -0.4 is 0 Å². The highest BCUT2D eigenvalue weighted by molar-refractivity contribution is 7.80. The molecule has 0 aliphatic rings. The van der Waals surface area contributed by atoms with Gasteiger partial charge in [-0.15, -0.1) is 11.6 Å². The van der Waals surface area contributed by atoms with Crippen molar-refractivity contribution in [3.05, 3.63) is 0 Å². The Balaban J connectivity index is 2.85. The van der Waals surface area contributed by atoms with Crippen molar-refractivity contribution in [2.45, 2.75) is 6.92 Å². The Kier molecular flexibility index (Phi) is 2.81. The minimum Gasteiger partial charge on any atom is -0.121 e. The molecule has 0 atom stereocenters. The minimum absolute atomic E-state index is 0.509. The second-order valence-electron chi connectivity index (χ2n) is 0.836. The third-order valence-corrected chi connectivity index (χ3v) is 0.892. The summed E-state index contributed by atoms with van der Waals surface area (Å²) in [5, 5.41) is 0. The Labute approximate surface area is 42.1 Å². The fourth-order valence-electron chi connectivity index (χ4n) is 0. The average molecular weight is 109 g/mol. The van der Waals surface area contributed by atoms with Gasteiger partial charge in [0.25, 0.3) is 0 Å². The Morgan fingerprint density at radius 1 is 2.00 bits per heavy atom. The summed E-state index contributed by atoms with van der Waals surface area (Å²) in [6.45, 7) is 1.82. The van der Waals surface area contributed by atoms with E-state index in [9.17, 15) is 0 Å². The molecule has 0 rings (SSSR count). The molecule has 0 aromatic rings. The smallest absolute Gasteiger partial charge is 0.0534 e. The molecule has 0 unspecified atom stereocenters. The van der Waals surface area contributed by atoms with Gasteiger partial charge in [-0.2, -0.15) is 0 Å². The molecule has 0 aromatic heterocycles. The molecule has 0 spiro atoms. The van der Waals surface area contributed by atoms with Crippen LogP contribution in [-0.4, -0.2) is 10.7 Å². The quantitative estimate of drug-likeness (QED) is 0.363. The second-order valence-corrected chi connectivity index (χ2v) is 1.80. The highest BCUT2D eigenvalue weighted by atomic mass is 35.5. The van der Waals surface area contributed by atoms with Crippen LogP contribution in [0.2, 0.25) is 0 Å². The number of thiocarbonyl (C=S) groups is 1. The van der Waals surface area contributed by atoms with E-state index in [1.807, 2.05) is 6.92 Å². The molecule has 0 N–H and O–H groups in total. The molecule has 0 fully saturated rings. The Morgan fingerprint density at radius 2 is 2.20 bits per heavy atom. The number of hydrogen-bond donors (Lipinski definition) is 0. The molecule has 0 nitrogen and oxygen atoms in total. The van der Waals surface area contributed by atoms with Gasteiger partial charge in [0.1, 0.15) is 0 Å². The third kappa shape index (κ3) is 4.38.